The summed E-state index contributed by atoms with van der Waals surface area (Å²) in [6, 6.07) is 10.2. The van der Waals surface area contributed by atoms with Gasteiger partial charge in [0.25, 0.3) is 0 Å². The summed E-state index contributed by atoms with van der Waals surface area (Å²) in [4.78, 5) is 14.1. The van der Waals surface area contributed by atoms with Crippen LogP contribution in [0.2, 0.25) is 0 Å². The minimum absolute atomic E-state index is 0.236. The van der Waals surface area contributed by atoms with Gasteiger partial charge in [0.05, 0.1) is 6.42 Å². The number of rotatable bonds is 2. The fourth-order valence-electron chi connectivity index (χ4n) is 2.08. The Kier molecular flexibility index (Phi) is 3.57. The number of nitrogens with one attached hydrogen (secondary N) is 1. The molecule has 0 aromatic heterocycles. The molecule has 0 unspecified atom stereocenters. The molecule has 0 spiro atoms. The van der Waals surface area contributed by atoms with E-state index in [4.69, 9.17) is 0 Å². The van der Waals surface area contributed by atoms with Crippen molar-refractivity contribution < 1.29 is 4.79 Å². The lowest BCUT2D eigenvalue weighted by Gasteiger charge is -2.34. The first kappa shape index (κ1) is 11.1. The van der Waals surface area contributed by atoms with Crippen molar-refractivity contribution in [2.45, 2.75) is 19.4 Å². The van der Waals surface area contributed by atoms with Crippen molar-refractivity contribution in [1.29, 1.82) is 0 Å². The number of hydrogen-bond acceptors (Lipinski definition) is 2. The van der Waals surface area contributed by atoms with Gasteiger partial charge in [0, 0.05) is 25.7 Å². The molecular weight excluding hydrogens is 200 g/mol. The Balaban J connectivity index is 1.97. The number of amides is 1. The lowest BCUT2D eigenvalue weighted by atomic mass is 10.1. The average molecular weight is 218 g/mol. The van der Waals surface area contributed by atoms with Gasteiger partial charge in [-0.1, -0.05) is 30.3 Å². The van der Waals surface area contributed by atoms with Crippen LogP contribution >= 0.6 is 0 Å². The van der Waals surface area contributed by atoms with E-state index in [0.29, 0.717) is 12.5 Å². The van der Waals surface area contributed by atoms with E-state index in [1.54, 1.807) is 0 Å². The van der Waals surface area contributed by atoms with Gasteiger partial charge in [-0.3, -0.25) is 4.79 Å². The molecule has 3 nitrogen and oxygen atoms in total. The first-order chi connectivity index (χ1) is 7.77. The van der Waals surface area contributed by atoms with Gasteiger partial charge in [-0.15, -0.1) is 0 Å². The predicted octanol–water partition coefficient (Wildman–Crippen LogP) is 1.05. The summed E-state index contributed by atoms with van der Waals surface area (Å²) in [7, 11) is 0. The molecule has 0 radical (unpaired) electrons. The second-order valence-electron chi connectivity index (χ2n) is 4.30. The zero-order chi connectivity index (χ0) is 11.4. The molecule has 1 saturated heterocycles. The van der Waals surface area contributed by atoms with Gasteiger partial charge in [0.2, 0.25) is 5.91 Å². The summed E-state index contributed by atoms with van der Waals surface area (Å²) >= 11 is 0. The summed E-state index contributed by atoms with van der Waals surface area (Å²) in [5.74, 6) is 0.236. The molecule has 86 valence electrons. The van der Waals surface area contributed by atoms with E-state index >= 15 is 0 Å². The van der Waals surface area contributed by atoms with E-state index in [-0.39, 0.29) is 5.91 Å². The van der Waals surface area contributed by atoms with Crippen molar-refractivity contribution in [3.63, 3.8) is 0 Å². The maximum absolute atomic E-state index is 12.1. The number of piperazine rings is 1. The van der Waals surface area contributed by atoms with Gasteiger partial charge in [-0.2, -0.15) is 0 Å². The maximum Gasteiger partial charge on any atom is 0.227 e. The third kappa shape index (κ3) is 2.61. The van der Waals surface area contributed by atoms with Crippen molar-refractivity contribution in [3.05, 3.63) is 35.9 Å². The smallest absolute Gasteiger partial charge is 0.227 e. The van der Waals surface area contributed by atoms with Crippen LogP contribution in [0.3, 0.4) is 0 Å². The van der Waals surface area contributed by atoms with Crippen molar-refractivity contribution in [2.75, 3.05) is 19.6 Å². The van der Waals surface area contributed by atoms with Crippen LogP contribution in [0.5, 0.6) is 0 Å². The van der Waals surface area contributed by atoms with Crippen LogP contribution in [0.15, 0.2) is 30.3 Å². The molecule has 0 saturated carbocycles. The molecule has 1 N–H and O–H groups in total. The minimum Gasteiger partial charge on any atom is -0.337 e. The Morgan fingerprint density at radius 1 is 1.44 bits per heavy atom. The second-order valence-corrected chi connectivity index (χ2v) is 4.30. The Labute approximate surface area is 96.5 Å². The van der Waals surface area contributed by atoms with E-state index in [9.17, 15) is 4.79 Å². The first-order valence-corrected chi connectivity index (χ1v) is 5.81. The molecule has 0 aliphatic carbocycles. The Hall–Kier alpha value is -1.35. The molecule has 0 bridgehead atoms. The van der Waals surface area contributed by atoms with Crippen LogP contribution in [0.4, 0.5) is 0 Å². The molecule has 1 heterocycles. The third-order valence-corrected chi connectivity index (χ3v) is 3.02. The molecule has 1 amide bonds. The molecule has 1 aromatic rings. The molecule has 1 fully saturated rings. The van der Waals surface area contributed by atoms with Gasteiger partial charge < -0.3 is 10.2 Å². The van der Waals surface area contributed by atoms with Crippen LogP contribution in [-0.2, 0) is 11.2 Å². The highest BCUT2D eigenvalue weighted by Gasteiger charge is 2.22. The fraction of sp³-hybridized carbons (Fsp3) is 0.462. The van der Waals surface area contributed by atoms with Crippen molar-refractivity contribution in [2.24, 2.45) is 0 Å². The van der Waals surface area contributed by atoms with Crippen LogP contribution in [0.25, 0.3) is 0 Å². The van der Waals surface area contributed by atoms with E-state index in [1.165, 1.54) is 0 Å². The Bertz CT molecular complexity index is 350. The summed E-state index contributed by atoms with van der Waals surface area (Å²) in [6.07, 6.45) is 0.519. The molecule has 3 heteroatoms. The molecule has 1 aromatic carbocycles. The lowest BCUT2D eigenvalue weighted by Crippen LogP contribution is -2.52. The number of nitrogens with zero attached hydrogens (tertiary/aromatic N) is 1. The molecule has 1 aliphatic heterocycles. The molecular formula is C13H18N2O. The highest BCUT2D eigenvalue weighted by molar-refractivity contribution is 5.79. The molecule has 16 heavy (non-hydrogen) atoms. The minimum atomic E-state index is 0.236. The average Bonchev–Trinajstić information content (AvgIpc) is 2.31. The van der Waals surface area contributed by atoms with Crippen LogP contribution in [-0.4, -0.2) is 36.5 Å². The Morgan fingerprint density at radius 2 is 2.19 bits per heavy atom. The quantitative estimate of drug-likeness (QED) is 0.804. The summed E-state index contributed by atoms with van der Waals surface area (Å²) in [5, 5.41) is 3.29. The highest BCUT2D eigenvalue weighted by Crippen LogP contribution is 2.07. The van der Waals surface area contributed by atoms with Gasteiger partial charge >= 0.3 is 0 Å². The predicted molar refractivity (Wildman–Crippen MR) is 64.2 cm³/mol. The third-order valence-electron chi connectivity index (χ3n) is 3.02. The standard InChI is InChI=1S/C13H18N2O/c1-11-10-14-7-8-15(11)13(16)9-12-5-3-2-4-6-12/h2-6,11,14H,7-10H2,1H3/t11-/m0/s1. The highest BCUT2D eigenvalue weighted by atomic mass is 16.2. The fourth-order valence-corrected chi connectivity index (χ4v) is 2.08. The number of hydrogen-bond donors (Lipinski definition) is 1. The zero-order valence-corrected chi connectivity index (χ0v) is 9.65. The maximum atomic E-state index is 12.1. The van der Waals surface area contributed by atoms with Crippen LogP contribution in [0, 0.1) is 0 Å². The normalized spacial score (nSPS) is 20.8. The monoisotopic (exact) mass is 218 g/mol. The van der Waals surface area contributed by atoms with Crippen molar-refractivity contribution in [1.82, 2.24) is 10.2 Å². The van der Waals surface area contributed by atoms with Gasteiger partial charge in [0.1, 0.15) is 0 Å². The van der Waals surface area contributed by atoms with Crippen LogP contribution < -0.4 is 5.32 Å². The van der Waals surface area contributed by atoms with Crippen LogP contribution in [0.1, 0.15) is 12.5 Å². The van der Waals surface area contributed by atoms with E-state index in [0.717, 1.165) is 25.2 Å². The second kappa shape index (κ2) is 5.12. The van der Waals surface area contributed by atoms with Gasteiger partial charge in [0.15, 0.2) is 0 Å². The summed E-state index contributed by atoms with van der Waals surface area (Å²) in [6.45, 7) is 4.73. The first-order valence-electron chi connectivity index (χ1n) is 5.81. The molecule has 1 aliphatic rings. The number of benzene rings is 1. The van der Waals surface area contributed by atoms with Gasteiger partial charge in [-0.25, -0.2) is 0 Å². The summed E-state index contributed by atoms with van der Waals surface area (Å²) < 4.78 is 0. The topological polar surface area (TPSA) is 32.3 Å². The largest absolute Gasteiger partial charge is 0.337 e. The SMILES string of the molecule is C[C@H]1CNCCN1C(=O)Cc1ccccc1. The van der Waals surface area contributed by atoms with Gasteiger partial charge in [-0.05, 0) is 12.5 Å². The van der Waals surface area contributed by atoms with Crippen molar-refractivity contribution >= 4 is 5.91 Å². The number of carbonyl (C=O) groups is 1. The van der Waals surface area contributed by atoms with E-state index < -0.39 is 0 Å². The summed E-state index contributed by atoms with van der Waals surface area (Å²) in [5.41, 5.74) is 1.10. The zero-order valence-electron chi connectivity index (χ0n) is 9.65. The van der Waals surface area contributed by atoms with E-state index in [2.05, 4.69) is 12.2 Å². The molecule has 2 rings (SSSR count). The van der Waals surface area contributed by atoms with E-state index in [1.807, 2.05) is 35.2 Å². The number of carbonyl (C=O) groups excluding carboxylic acids is 1. The lowest BCUT2D eigenvalue weighted by molar-refractivity contribution is -0.133. The Morgan fingerprint density at radius 3 is 2.88 bits per heavy atom. The van der Waals surface area contributed by atoms with Crippen molar-refractivity contribution in [3.8, 4) is 0 Å². The molecule has 1 atom stereocenters.